The molecule has 0 unspecified atom stereocenters. The molecule has 0 spiro atoms. The lowest BCUT2D eigenvalue weighted by Crippen LogP contribution is -2.23. The average Bonchev–Trinajstić information content (AvgIpc) is 2.01. The van der Waals surface area contributed by atoms with Crippen LogP contribution in [0, 0.1) is 0 Å². The second-order valence-corrected chi connectivity index (χ2v) is 4.11. The molecule has 0 fully saturated rings. The minimum Gasteiger partial charge on any atom is -0.460 e. The van der Waals surface area contributed by atoms with Crippen LogP contribution in [0.25, 0.3) is 0 Å². The van der Waals surface area contributed by atoms with E-state index >= 15 is 0 Å². The smallest absolute Gasteiger partial charge is 0.306 e. The summed E-state index contributed by atoms with van der Waals surface area (Å²) in [6.45, 7) is 4.36. The SMILES string of the molecule is CC(C)(C)OC(=O)CCC(CO)=C(F)F. The van der Waals surface area contributed by atoms with Gasteiger partial charge in [-0.2, -0.15) is 8.78 Å². The van der Waals surface area contributed by atoms with Crippen molar-refractivity contribution in [3.63, 3.8) is 0 Å². The summed E-state index contributed by atoms with van der Waals surface area (Å²) in [6.07, 6.45) is -2.25. The maximum absolute atomic E-state index is 12.1. The minimum absolute atomic E-state index is 0.148. The van der Waals surface area contributed by atoms with E-state index in [-0.39, 0.29) is 12.8 Å². The topological polar surface area (TPSA) is 46.5 Å². The van der Waals surface area contributed by atoms with E-state index in [1.807, 2.05) is 0 Å². The Morgan fingerprint density at radius 2 is 1.80 bits per heavy atom. The second kappa shape index (κ2) is 5.80. The summed E-state index contributed by atoms with van der Waals surface area (Å²) >= 11 is 0. The fourth-order valence-corrected chi connectivity index (χ4v) is 0.879. The van der Waals surface area contributed by atoms with Crippen LogP contribution in [0.2, 0.25) is 0 Å². The molecule has 15 heavy (non-hydrogen) atoms. The third-order valence-corrected chi connectivity index (χ3v) is 1.51. The summed E-state index contributed by atoms with van der Waals surface area (Å²) in [5.74, 6) is -0.547. The molecule has 88 valence electrons. The summed E-state index contributed by atoms with van der Waals surface area (Å²) in [5, 5.41) is 8.55. The molecular weight excluding hydrogens is 206 g/mol. The van der Waals surface area contributed by atoms with E-state index < -0.39 is 29.8 Å². The van der Waals surface area contributed by atoms with Crippen molar-refractivity contribution >= 4 is 5.97 Å². The quantitative estimate of drug-likeness (QED) is 0.742. The molecule has 0 aliphatic carbocycles. The van der Waals surface area contributed by atoms with E-state index in [1.165, 1.54) is 0 Å². The number of hydrogen-bond donors (Lipinski definition) is 1. The van der Waals surface area contributed by atoms with E-state index in [4.69, 9.17) is 9.84 Å². The zero-order valence-corrected chi connectivity index (χ0v) is 9.14. The van der Waals surface area contributed by atoms with E-state index in [1.54, 1.807) is 20.8 Å². The normalized spacial score (nSPS) is 11.1. The Balaban J connectivity index is 4.07. The monoisotopic (exact) mass is 222 g/mol. The fourth-order valence-electron chi connectivity index (χ4n) is 0.879. The third kappa shape index (κ3) is 7.02. The van der Waals surface area contributed by atoms with Gasteiger partial charge in [-0.15, -0.1) is 0 Å². The number of carbonyl (C=O) groups is 1. The highest BCUT2D eigenvalue weighted by molar-refractivity contribution is 5.70. The van der Waals surface area contributed by atoms with Gasteiger partial charge in [-0.05, 0) is 27.2 Å². The highest BCUT2D eigenvalue weighted by Crippen LogP contribution is 2.15. The number of ether oxygens (including phenoxy) is 1. The van der Waals surface area contributed by atoms with Crippen LogP contribution < -0.4 is 0 Å². The van der Waals surface area contributed by atoms with Crippen LogP contribution in [0.5, 0.6) is 0 Å². The van der Waals surface area contributed by atoms with E-state index in [2.05, 4.69) is 0 Å². The van der Waals surface area contributed by atoms with Crippen molar-refractivity contribution in [3.05, 3.63) is 11.7 Å². The van der Waals surface area contributed by atoms with Gasteiger partial charge < -0.3 is 9.84 Å². The molecule has 0 heterocycles. The van der Waals surface area contributed by atoms with Crippen molar-refractivity contribution in [2.24, 2.45) is 0 Å². The first-order chi connectivity index (χ1) is 6.76. The molecule has 0 aromatic heterocycles. The maximum Gasteiger partial charge on any atom is 0.306 e. The first kappa shape index (κ1) is 14.0. The molecule has 3 nitrogen and oxygen atoms in total. The molecule has 0 aliphatic rings. The van der Waals surface area contributed by atoms with Crippen LogP contribution in [-0.4, -0.2) is 23.3 Å². The first-order valence-electron chi connectivity index (χ1n) is 4.62. The van der Waals surface area contributed by atoms with Crippen LogP contribution in [0.4, 0.5) is 8.78 Å². The highest BCUT2D eigenvalue weighted by Gasteiger charge is 2.17. The standard InChI is InChI=1S/C10H16F2O3/c1-10(2,3)15-8(14)5-4-7(6-13)9(11)12/h13H,4-6H2,1-3H3. The Bertz CT molecular complexity index is 250. The molecule has 0 aromatic rings. The van der Waals surface area contributed by atoms with Gasteiger partial charge in [0.1, 0.15) is 5.60 Å². The molecule has 0 aliphatic heterocycles. The van der Waals surface area contributed by atoms with Gasteiger partial charge in [0.25, 0.3) is 6.08 Å². The zero-order chi connectivity index (χ0) is 12.1. The number of aliphatic hydroxyl groups excluding tert-OH is 1. The maximum atomic E-state index is 12.1. The largest absolute Gasteiger partial charge is 0.460 e. The summed E-state index contributed by atoms with van der Waals surface area (Å²) < 4.78 is 29.0. The summed E-state index contributed by atoms with van der Waals surface area (Å²) in [5.41, 5.74) is -1.03. The van der Waals surface area contributed by atoms with Gasteiger partial charge in [0.15, 0.2) is 0 Å². The van der Waals surface area contributed by atoms with Crippen molar-refractivity contribution in [1.82, 2.24) is 0 Å². The lowest BCUT2D eigenvalue weighted by atomic mass is 10.1. The number of aliphatic hydroxyl groups is 1. The van der Waals surface area contributed by atoms with Crippen molar-refractivity contribution in [3.8, 4) is 0 Å². The van der Waals surface area contributed by atoms with Gasteiger partial charge >= 0.3 is 5.97 Å². The van der Waals surface area contributed by atoms with Gasteiger partial charge in [-0.1, -0.05) is 0 Å². The van der Waals surface area contributed by atoms with Gasteiger partial charge in [0.05, 0.1) is 6.61 Å². The Hall–Kier alpha value is -0.970. The fraction of sp³-hybridized carbons (Fsp3) is 0.700. The summed E-state index contributed by atoms with van der Waals surface area (Å²) in [4.78, 5) is 11.1. The lowest BCUT2D eigenvalue weighted by Gasteiger charge is -2.19. The Kier molecular flexibility index (Phi) is 5.43. The molecule has 0 radical (unpaired) electrons. The average molecular weight is 222 g/mol. The van der Waals surface area contributed by atoms with Crippen molar-refractivity contribution < 1.29 is 23.4 Å². The zero-order valence-electron chi connectivity index (χ0n) is 9.14. The number of rotatable bonds is 4. The van der Waals surface area contributed by atoms with Gasteiger partial charge in [0.2, 0.25) is 0 Å². The Morgan fingerprint density at radius 3 is 2.13 bits per heavy atom. The first-order valence-corrected chi connectivity index (χ1v) is 4.62. The van der Waals surface area contributed by atoms with Gasteiger partial charge in [0, 0.05) is 12.0 Å². The molecule has 0 aromatic carbocycles. The molecule has 0 atom stereocenters. The molecule has 0 amide bonds. The summed E-state index contributed by atoms with van der Waals surface area (Å²) in [6, 6.07) is 0. The van der Waals surface area contributed by atoms with Gasteiger partial charge in [-0.25, -0.2) is 0 Å². The van der Waals surface area contributed by atoms with Crippen molar-refractivity contribution in [1.29, 1.82) is 0 Å². The van der Waals surface area contributed by atoms with Crippen molar-refractivity contribution in [2.75, 3.05) is 6.61 Å². The molecule has 1 N–H and O–H groups in total. The van der Waals surface area contributed by atoms with E-state index in [9.17, 15) is 13.6 Å². The van der Waals surface area contributed by atoms with Crippen LogP contribution >= 0.6 is 0 Å². The Labute approximate surface area is 87.7 Å². The lowest BCUT2D eigenvalue weighted by molar-refractivity contribution is -0.154. The minimum atomic E-state index is -1.93. The van der Waals surface area contributed by atoms with Crippen molar-refractivity contribution in [2.45, 2.75) is 39.2 Å². The number of esters is 1. The molecule has 0 rings (SSSR count). The third-order valence-electron chi connectivity index (χ3n) is 1.51. The van der Waals surface area contributed by atoms with E-state index in [0.717, 1.165) is 0 Å². The molecule has 5 heteroatoms. The second-order valence-electron chi connectivity index (χ2n) is 4.11. The number of halogens is 2. The van der Waals surface area contributed by atoms with Crippen LogP contribution in [0.1, 0.15) is 33.6 Å². The van der Waals surface area contributed by atoms with Crippen LogP contribution in [0.3, 0.4) is 0 Å². The molecule has 0 bridgehead atoms. The number of carbonyl (C=O) groups excluding carboxylic acids is 1. The van der Waals surface area contributed by atoms with E-state index in [0.29, 0.717) is 0 Å². The van der Waals surface area contributed by atoms with Crippen LogP contribution in [0.15, 0.2) is 11.7 Å². The predicted molar refractivity (Wildman–Crippen MR) is 51.4 cm³/mol. The molecule has 0 saturated carbocycles. The number of hydrogen-bond acceptors (Lipinski definition) is 3. The highest BCUT2D eigenvalue weighted by atomic mass is 19.3. The molecular formula is C10H16F2O3. The Morgan fingerprint density at radius 1 is 1.27 bits per heavy atom. The van der Waals surface area contributed by atoms with Gasteiger partial charge in [-0.3, -0.25) is 4.79 Å². The predicted octanol–water partition coefficient (Wildman–Crippen LogP) is 2.25. The molecule has 0 saturated heterocycles. The van der Waals surface area contributed by atoms with Crippen LogP contribution in [-0.2, 0) is 9.53 Å². The summed E-state index contributed by atoms with van der Waals surface area (Å²) in [7, 11) is 0.